The van der Waals surface area contributed by atoms with E-state index >= 15 is 0 Å². The molecule has 6 nitrogen and oxygen atoms in total. The van der Waals surface area contributed by atoms with E-state index in [9.17, 15) is 19.5 Å². The average molecular weight is 390 g/mol. The maximum absolute atomic E-state index is 12.4. The molecule has 0 saturated heterocycles. The number of unbranched alkanes of at least 4 members (excludes halogenated alkanes) is 1. The van der Waals surface area contributed by atoms with E-state index in [2.05, 4.69) is 6.92 Å². The summed E-state index contributed by atoms with van der Waals surface area (Å²) in [5.74, 6) is -2.55. The topological polar surface area (TPSA) is 101 Å². The van der Waals surface area contributed by atoms with E-state index in [-0.39, 0.29) is 17.9 Å². The van der Waals surface area contributed by atoms with Gasteiger partial charge in [0.25, 0.3) is 0 Å². The number of carbonyl (C=O) groups excluding carboxylic acids is 1. The van der Waals surface area contributed by atoms with Gasteiger partial charge in [-0.1, -0.05) is 57.2 Å². The normalized spacial score (nSPS) is 12.8. The Kier molecular flexibility index (Phi) is 9.99. The summed E-state index contributed by atoms with van der Waals surface area (Å²) in [6, 6.07) is 6.96. The zero-order valence-electron chi connectivity index (χ0n) is 16.9. The van der Waals surface area contributed by atoms with Gasteiger partial charge in [-0.3, -0.25) is 9.59 Å². The fraction of sp³-hybridized carbons (Fsp3) is 0.500. The number of benzene rings is 1. The highest BCUT2D eigenvalue weighted by Crippen LogP contribution is 2.27. The van der Waals surface area contributed by atoms with Gasteiger partial charge >= 0.3 is 17.9 Å². The number of rotatable bonds is 12. The first kappa shape index (κ1) is 23.4. The SMILES string of the molecule is CCCCC(CC)CC(CC(=O)Oc1ccc(C)cc1)=C(CC(=O)O)C(=O)O. The molecule has 0 aliphatic rings. The number of hydrogen-bond donors (Lipinski definition) is 2. The van der Waals surface area contributed by atoms with Crippen LogP contribution in [0.5, 0.6) is 5.75 Å². The minimum atomic E-state index is -1.30. The fourth-order valence-corrected chi connectivity index (χ4v) is 3.04. The number of carboxylic acids is 2. The van der Waals surface area contributed by atoms with Crippen molar-refractivity contribution in [3.05, 3.63) is 41.0 Å². The molecule has 1 rings (SSSR count). The minimum Gasteiger partial charge on any atom is -0.481 e. The van der Waals surface area contributed by atoms with E-state index in [0.29, 0.717) is 17.7 Å². The lowest BCUT2D eigenvalue weighted by Crippen LogP contribution is -2.17. The first-order chi connectivity index (χ1) is 13.3. The van der Waals surface area contributed by atoms with Crippen LogP contribution in [0.25, 0.3) is 0 Å². The van der Waals surface area contributed by atoms with E-state index in [1.807, 2.05) is 26.0 Å². The van der Waals surface area contributed by atoms with Crippen LogP contribution in [0.4, 0.5) is 0 Å². The average Bonchev–Trinajstić information content (AvgIpc) is 2.63. The lowest BCUT2D eigenvalue weighted by atomic mass is 9.87. The second kappa shape index (κ2) is 12.0. The van der Waals surface area contributed by atoms with Crippen LogP contribution in [0.15, 0.2) is 35.4 Å². The van der Waals surface area contributed by atoms with E-state index < -0.39 is 24.3 Å². The third kappa shape index (κ3) is 8.37. The van der Waals surface area contributed by atoms with Crippen molar-refractivity contribution in [2.45, 2.75) is 65.7 Å². The molecular formula is C22H30O6. The Morgan fingerprint density at radius 2 is 1.68 bits per heavy atom. The Morgan fingerprint density at radius 3 is 2.18 bits per heavy atom. The molecule has 6 heteroatoms. The number of carbonyl (C=O) groups is 3. The fourth-order valence-electron chi connectivity index (χ4n) is 3.04. The monoisotopic (exact) mass is 390 g/mol. The number of ether oxygens (including phenoxy) is 1. The number of esters is 1. The van der Waals surface area contributed by atoms with Gasteiger partial charge in [0.05, 0.1) is 12.8 Å². The second-order valence-corrected chi connectivity index (χ2v) is 7.04. The van der Waals surface area contributed by atoms with Gasteiger partial charge < -0.3 is 14.9 Å². The molecule has 0 radical (unpaired) electrons. The summed E-state index contributed by atoms with van der Waals surface area (Å²) >= 11 is 0. The molecule has 1 unspecified atom stereocenters. The van der Waals surface area contributed by atoms with Crippen molar-refractivity contribution in [1.29, 1.82) is 0 Å². The van der Waals surface area contributed by atoms with E-state index in [1.54, 1.807) is 12.1 Å². The van der Waals surface area contributed by atoms with Crippen molar-refractivity contribution >= 4 is 17.9 Å². The zero-order valence-corrected chi connectivity index (χ0v) is 16.9. The highest BCUT2D eigenvalue weighted by Gasteiger charge is 2.23. The molecule has 0 spiro atoms. The Morgan fingerprint density at radius 1 is 1.04 bits per heavy atom. The van der Waals surface area contributed by atoms with E-state index in [0.717, 1.165) is 31.2 Å². The van der Waals surface area contributed by atoms with Crippen LogP contribution in [-0.2, 0) is 14.4 Å². The molecule has 0 bridgehead atoms. The highest BCUT2D eigenvalue weighted by molar-refractivity contribution is 5.94. The van der Waals surface area contributed by atoms with Crippen molar-refractivity contribution in [1.82, 2.24) is 0 Å². The maximum atomic E-state index is 12.4. The van der Waals surface area contributed by atoms with Gasteiger partial charge in [0.2, 0.25) is 0 Å². The maximum Gasteiger partial charge on any atom is 0.332 e. The van der Waals surface area contributed by atoms with E-state index in [4.69, 9.17) is 9.84 Å². The summed E-state index contributed by atoms with van der Waals surface area (Å²) in [5.41, 5.74) is 1.15. The summed E-state index contributed by atoms with van der Waals surface area (Å²) < 4.78 is 5.32. The lowest BCUT2D eigenvalue weighted by molar-refractivity contribution is -0.140. The zero-order chi connectivity index (χ0) is 21.1. The predicted octanol–water partition coefficient (Wildman–Crippen LogP) is 4.75. The van der Waals surface area contributed by atoms with Crippen molar-refractivity contribution in [3.8, 4) is 5.75 Å². The van der Waals surface area contributed by atoms with Crippen molar-refractivity contribution in [2.75, 3.05) is 0 Å². The van der Waals surface area contributed by atoms with Gasteiger partial charge in [0.15, 0.2) is 0 Å². The van der Waals surface area contributed by atoms with Crippen LogP contribution >= 0.6 is 0 Å². The Bertz CT molecular complexity index is 702. The molecular weight excluding hydrogens is 360 g/mol. The molecule has 1 aromatic rings. The largest absolute Gasteiger partial charge is 0.481 e. The Balaban J connectivity index is 3.06. The molecule has 0 saturated carbocycles. The molecule has 0 aromatic heterocycles. The summed E-state index contributed by atoms with van der Waals surface area (Å²) in [4.78, 5) is 35.2. The van der Waals surface area contributed by atoms with Gasteiger partial charge in [-0.25, -0.2) is 4.79 Å². The Labute approximate surface area is 166 Å². The van der Waals surface area contributed by atoms with Crippen LogP contribution in [0.2, 0.25) is 0 Å². The molecule has 0 aliphatic heterocycles. The summed E-state index contributed by atoms with van der Waals surface area (Å²) in [6.07, 6.45) is 3.29. The van der Waals surface area contributed by atoms with Gasteiger partial charge in [-0.2, -0.15) is 0 Å². The third-order valence-electron chi connectivity index (χ3n) is 4.70. The van der Waals surface area contributed by atoms with Crippen LogP contribution in [0.1, 0.15) is 64.4 Å². The third-order valence-corrected chi connectivity index (χ3v) is 4.70. The molecule has 0 amide bonds. The van der Waals surface area contributed by atoms with Crippen molar-refractivity contribution in [3.63, 3.8) is 0 Å². The quantitative estimate of drug-likeness (QED) is 0.303. The molecule has 0 aliphatic carbocycles. The minimum absolute atomic E-state index is 0.199. The van der Waals surface area contributed by atoms with Crippen LogP contribution in [0, 0.1) is 12.8 Å². The number of hydrogen-bond acceptors (Lipinski definition) is 4. The van der Waals surface area contributed by atoms with Crippen LogP contribution < -0.4 is 4.74 Å². The molecule has 0 fully saturated rings. The first-order valence-electron chi connectivity index (χ1n) is 9.70. The van der Waals surface area contributed by atoms with Crippen molar-refractivity contribution in [2.24, 2.45) is 5.92 Å². The molecule has 0 heterocycles. The molecule has 154 valence electrons. The summed E-state index contributed by atoms with van der Waals surface area (Å²) in [5, 5.41) is 18.6. The standard InChI is InChI=1S/C22H30O6/c1-4-6-7-16(5-2)12-17(19(22(26)27)14-20(23)24)13-21(25)28-18-10-8-15(3)9-11-18/h8-11,16H,4-7,12-14H2,1-3H3,(H,23,24)(H,26,27). The van der Waals surface area contributed by atoms with Crippen LogP contribution in [-0.4, -0.2) is 28.1 Å². The van der Waals surface area contributed by atoms with Gasteiger partial charge in [-0.15, -0.1) is 0 Å². The lowest BCUT2D eigenvalue weighted by Gasteiger charge is -2.18. The molecule has 1 aromatic carbocycles. The van der Waals surface area contributed by atoms with Gasteiger partial charge in [-0.05, 0) is 37.0 Å². The van der Waals surface area contributed by atoms with E-state index in [1.165, 1.54) is 0 Å². The summed E-state index contributed by atoms with van der Waals surface area (Å²) in [6.45, 7) is 6.01. The Hall–Kier alpha value is -2.63. The number of aliphatic carboxylic acids is 2. The second-order valence-electron chi connectivity index (χ2n) is 7.04. The smallest absolute Gasteiger partial charge is 0.332 e. The summed E-state index contributed by atoms with van der Waals surface area (Å²) in [7, 11) is 0. The number of aryl methyl sites for hydroxylation is 1. The molecule has 1 atom stereocenters. The first-order valence-corrected chi connectivity index (χ1v) is 9.70. The molecule has 2 N–H and O–H groups in total. The number of carboxylic acid groups (broad SMARTS) is 2. The van der Waals surface area contributed by atoms with Crippen molar-refractivity contribution < 1.29 is 29.3 Å². The van der Waals surface area contributed by atoms with Crippen LogP contribution in [0.3, 0.4) is 0 Å². The van der Waals surface area contributed by atoms with Gasteiger partial charge in [0, 0.05) is 5.57 Å². The highest BCUT2D eigenvalue weighted by atomic mass is 16.5. The molecule has 28 heavy (non-hydrogen) atoms. The van der Waals surface area contributed by atoms with Gasteiger partial charge in [0.1, 0.15) is 5.75 Å². The predicted molar refractivity (Wildman–Crippen MR) is 106 cm³/mol.